The van der Waals surface area contributed by atoms with E-state index in [0.717, 1.165) is 37.1 Å². The number of hydrogen-bond acceptors (Lipinski definition) is 4. The molecule has 1 aromatic heterocycles. The standard InChI is InChI=1S/C16H21N3O2S/c17-22(20,21)16-6-4-5-13-14(16)7-9-18-15(13)8-12-19-10-2-1-3-11-19/h4-7,9H,1-3,8,10-12H2,(H2,17,20,21). The van der Waals surface area contributed by atoms with Crippen molar-refractivity contribution in [2.24, 2.45) is 5.14 Å². The zero-order valence-electron chi connectivity index (χ0n) is 12.5. The van der Waals surface area contributed by atoms with Crippen LogP contribution in [0.3, 0.4) is 0 Å². The molecule has 0 saturated carbocycles. The molecule has 1 aromatic carbocycles. The molecule has 0 aliphatic carbocycles. The van der Waals surface area contributed by atoms with E-state index in [9.17, 15) is 8.42 Å². The Labute approximate surface area is 131 Å². The van der Waals surface area contributed by atoms with Gasteiger partial charge in [0.1, 0.15) is 0 Å². The number of fused-ring (bicyclic) bond motifs is 1. The molecule has 0 spiro atoms. The molecule has 1 aliphatic rings. The van der Waals surface area contributed by atoms with Crippen LogP contribution in [0, 0.1) is 0 Å². The molecule has 0 unspecified atom stereocenters. The van der Waals surface area contributed by atoms with Crippen molar-refractivity contribution in [2.45, 2.75) is 30.6 Å². The van der Waals surface area contributed by atoms with E-state index in [-0.39, 0.29) is 4.90 Å². The number of rotatable bonds is 4. The summed E-state index contributed by atoms with van der Waals surface area (Å²) in [5.41, 5.74) is 0.938. The van der Waals surface area contributed by atoms with Crippen molar-refractivity contribution >= 4 is 20.8 Å². The third-order valence-electron chi connectivity index (χ3n) is 4.27. The van der Waals surface area contributed by atoms with Gasteiger partial charge in [-0.15, -0.1) is 0 Å². The summed E-state index contributed by atoms with van der Waals surface area (Å²) < 4.78 is 23.4. The lowest BCUT2D eigenvalue weighted by Gasteiger charge is -2.26. The molecule has 0 radical (unpaired) electrons. The molecule has 2 heterocycles. The number of piperidine rings is 1. The first kappa shape index (κ1) is 15.4. The largest absolute Gasteiger partial charge is 0.303 e. The number of nitrogens with two attached hydrogens (primary N) is 1. The van der Waals surface area contributed by atoms with Crippen molar-refractivity contribution in [1.82, 2.24) is 9.88 Å². The molecule has 0 amide bonds. The zero-order chi connectivity index (χ0) is 15.6. The van der Waals surface area contributed by atoms with Gasteiger partial charge in [-0.1, -0.05) is 18.6 Å². The number of likely N-dealkylation sites (tertiary alicyclic amines) is 1. The molecule has 0 bridgehead atoms. The molecule has 1 fully saturated rings. The number of aromatic nitrogens is 1. The van der Waals surface area contributed by atoms with Crippen LogP contribution in [0.2, 0.25) is 0 Å². The molecule has 5 nitrogen and oxygen atoms in total. The second kappa shape index (κ2) is 6.32. The van der Waals surface area contributed by atoms with Gasteiger partial charge in [0.25, 0.3) is 0 Å². The van der Waals surface area contributed by atoms with Crippen molar-refractivity contribution in [3.63, 3.8) is 0 Å². The Kier molecular flexibility index (Phi) is 4.42. The van der Waals surface area contributed by atoms with Crippen LogP contribution in [0.4, 0.5) is 0 Å². The lowest BCUT2D eigenvalue weighted by Crippen LogP contribution is -2.31. The summed E-state index contributed by atoms with van der Waals surface area (Å²) in [6.45, 7) is 3.26. The molecule has 1 aliphatic heterocycles. The van der Waals surface area contributed by atoms with Crippen LogP contribution in [0.15, 0.2) is 35.4 Å². The van der Waals surface area contributed by atoms with E-state index in [1.54, 1.807) is 24.4 Å². The predicted octanol–water partition coefficient (Wildman–Crippen LogP) is 1.91. The van der Waals surface area contributed by atoms with Gasteiger partial charge in [-0.05, 0) is 38.1 Å². The fourth-order valence-corrected chi connectivity index (χ4v) is 3.89. The smallest absolute Gasteiger partial charge is 0.238 e. The maximum atomic E-state index is 11.7. The first-order valence-corrected chi connectivity index (χ1v) is 9.22. The predicted molar refractivity (Wildman–Crippen MR) is 87.1 cm³/mol. The molecule has 1 saturated heterocycles. The maximum Gasteiger partial charge on any atom is 0.238 e. The monoisotopic (exact) mass is 319 g/mol. The summed E-state index contributed by atoms with van der Waals surface area (Å²) >= 11 is 0. The number of sulfonamides is 1. The zero-order valence-corrected chi connectivity index (χ0v) is 13.3. The summed E-state index contributed by atoms with van der Waals surface area (Å²) in [5.74, 6) is 0. The van der Waals surface area contributed by atoms with E-state index >= 15 is 0 Å². The van der Waals surface area contributed by atoms with E-state index in [1.807, 2.05) is 6.07 Å². The molecule has 3 rings (SSSR count). The Morgan fingerprint density at radius 1 is 1.09 bits per heavy atom. The number of benzene rings is 1. The van der Waals surface area contributed by atoms with Gasteiger partial charge in [-0.3, -0.25) is 4.98 Å². The van der Waals surface area contributed by atoms with Gasteiger partial charge in [0.05, 0.1) is 4.90 Å². The summed E-state index contributed by atoms with van der Waals surface area (Å²) in [6.07, 6.45) is 6.34. The second-order valence-electron chi connectivity index (χ2n) is 5.81. The minimum absolute atomic E-state index is 0.173. The van der Waals surface area contributed by atoms with Crippen molar-refractivity contribution in [1.29, 1.82) is 0 Å². The van der Waals surface area contributed by atoms with Crippen LogP contribution < -0.4 is 5.14 Å². The molecular weight excluding hydrogens is 298 g/mol. The van der Waals surface area contributed by atoms with E-state index in [2.05, 4.69) is 9.88 Å². The highest BCUT2D eigenvalue weighted by Gasteiger charge is 2.15. The van der Waals surface area contributed by atoms with Gasteiger partial charge < -0.3 is 4.90 Å². The van der Waals surface area contributed by atoms with Crippen LogP contribution >= 0.6 is 0 Å². The highest BCUT2D eigenvalue weighted by molar-refractivity contribution is 7.89. The van der Waals surface area contributed by atoms with Crippen LogP contribution in [-0.2, 0) is 16.4 Å². The number of primary sulfonamides is 1. The van der Waals surface area contributed by atoms with Crippen molar-refractivity contribution < 1.29 is 8.42 Å². The Morgan fingerprint density at radius 2 is 1.86 bits per heavy atom. The summed E-state index contributed by atoms with van der Waals surface area (Å²) in [4.78, 5) is 7.08. The fraction of sp³-hybridized carbons (Fsp3) is 0.438. The number of pyridine rings is 1. The Balaban J connectivity index is 1.90. The average molecular weight is 319 g/mol. The van der Waals surface area contributed by atoms with Crippen molar-refractivity contribution in [2.75, 3.05) is 19.6 Å². The topological polar surface area (TPSA) is 76.3 Å². The summed E-state index contributed by atoms with van der Waals surface area (Å²) in [6, 6.07) is 6.92. The highest BCUT2D eigenvalue weighted by atomic mass is 32.2. The molecule has 2 N–H and O–H groups in total. The van der Waals surface area contributed by atoms with Gasteiger partial charge in [-0.2, -0.15) is 0 Å². The van der Waals surface area contributed by atoms with E-state index in [1.165, 1.54) is 19.3 Å². The quantitative estimate of drug-likeness (QED) is 0.934. The lowest BCUT2D eigenvalue weighted by atomic mass is 10.1. The first-order chi connectivity index (χ1) is 10.6. The average Bonchev–Trinajstić information content (AvgIpc) is 2.52. The van der Waals surface area contributed by atoms with Crippen LogP contribution in [0.5, 0.6) is 0 Å². The minimum atomic E-state index is -3.72. The second-order valence-corrected chi connectivity index (χ2v) is 7.34. The van der Waals surface area contributed by atoms with Crippen LogP contribution in [-0.4, -0.2) is 37.9 Å². The Bertz CT molecular complexity index is 768. The Morgan fingerprint density at radius 3 is 2.59 bits per heavy atom. The summed E-state index contributed by atoms with van der Waals surface area (Å²) in [7, 11) is -3.72. The van der Waals surface area contributed by atoms with Crippen LogP contribution in [0.25, 0.3) is 10.8 Å². The van der Waals surface area contributed by atoms with Crippen LogP contribution in [0.1, 0.15) is 25.0 Å². The maximum absolute atomic E-state index is 11.7. The van der Waals surface area contributed by atoms with E-state index in [0.29, 0.717) is 5.39 Å². The van der Waals surface area contributed by atoms with Gasteiger partial charge in [0.2, 0.25) is 10.0 Å². The molecule has 6 heteroatoms. The molecule has 118 valence electrons. The van der Waals surface area contributed by atoms with Gasteiger partial charge in [0.15, 0.2) is 0 Å². The Hall–Kier alpha value is -1.50. The third kappa shape index (κ3) is 3.29. The van der Waals surface area contributed by atoms with E-state index in [4.69, 9.17) is 5.14 Å². The van der Waals surface area contributed by atoms with Crippen molar-refractivity contribution in [3.8, 4) is 0 Å². The minimum Gasteiger partial charge on any atom is -0.303 e. The number of hydrogen-bond donors (Lipinski definition) is 1. The normalized spacial score (nSPS) is 17.0. The van der Waals surface area contributed by atoms with Gasteiger partial charge in [-0.25, -0.2) is 13.6 Å². The molecule has 0 atom stereocenters. The first-order valence-electron chi connectivity index (χ1n) is 7.67. The number of nitrogens with zero attached hydrogens (tertiary/aromatic N) is 2. The lowest BCUT2D eigenvalue weighted by molar-refractivity contribution is 0.231. The highest BCUT2D eigenvalue weighted by Crippen LogP contribution is 2.24. The fourth-order valence-electron chi connectivity index (χ4n) is 3.13. The van der Waals surface area contributed by atoms with Crippen molar-refractivity contribution in [3.05, 3.63) is 36.2 Å². The third-order valence-corrected chi connectivity index (χ3v) is 5.24. The molecule has 22 heavy (non-hydrogen) atoms. The molecular formula is C16H21N3O2S. The molecule has 2 aromatic rings. The summed E-state index contributed by atoms with van der Waals surface area (Å²) in [5, 5.41) is 6.85. The van der Waals surface area contributed by atoms with E-state index < -0.39 is 10.0 Å². The van der Waals surface area contributed by atoms with Gasteiger partial charge >= 0.3 is 0 Å². The SMILES string of the molecule is NS(=O)(=O)c1cccc2c(CCN3CCCCC3)nccc12. The van der Waals surface area contributed by atoms with Gasteiger partial charge in [0, 0.05) is 35.6 Å².